The predicted molar refractivity (Wildman–Crippen MR) is 69.4 cm³/mol. The Morgan fingerprint density at radius 1 is 1.35 bits per heavy atom. The van der Waals surface area contributed by atoms with Crippen LogP contribution in [0.3, 0.4) is 0 Å². The van der Waals surface area contributed by atoms with Crippen LogP contribution in [0.15, 0.2) is 24.3 Å². The molecule has 1 aromatic rings. The molecule has 0 aliphatic heterocycles. The Balaban J connectivity index is 2.69. The van der Waals surface area contributed by atoms with Crippen LogP contribution >= 0.6 is 15.9 Å². The van der Waals surface area contributed by atoms with E-state index in [-0.39, 0.29) is 10.7 Å². The third-order valence-corrected chi connectivity index (χ3v) is 3.28. The monoisotopic (exact) mass is 299 g/mol. The molecule has 0 aliphatic rings. The van der Waals surface area contributed by atoms with Gasteiger partial charge in [-0.25, -0.2) is 4.79 Å². The third-order valence-electron chi connectivity index (χ3n) is 2.22. The van der Waals surface area contributed by atoms with Crippen molar-refractivity contribution in [2.75, 3.05) is 12.4 Å². The number of ether oxygens (including phenoxy) is 1. The summed E-state index contributed by atoms with van der Waals surface area (Å²) in [6, 6.07) is 6.55. The van der Waals surface area contributed by atoms with Gasteiger partial charge in [0.15, 0.2) is 0 Å². The second-order valence-corrected chi connectivity index (χ2v) is 4.54. The van der Waals surface area contributed by atoms with Gasteiger partial charge >= 0.3 is 5.97 Å². The molecule has 1 rings (SSSR count). The normalized spacial score (nSPS) is 11.7. The van der Waals surface area contributed by atoms with Gasteiger partial charge in [0.05, 0.1) is 17.5 Å². The number of methoxy groups -OCH3 is 1. The second-order valence-electron chi connectivity index (χ2n) is 3.43. The lowest BCUT2D eigenvalue weighted by Gasteiger charge is -2.08. The molecule has 5 heteroatoms. The number of carbonyl (C=O) groups is 2. The molecule has 0 saturated heterocycles. The Labute approximate surface area is 108 Å². The van der Waals surface area contributed by atoms with E-state index in [9.17, 15) is 9.59 Å². The maximum atomic E-state index is 11.6. The van der Waals surface area contributed by atoms with E-state index in [4.69, 9.17) is 0 Å². The van der Waals surface area contributed by atoms with E-state index in [2.05, 4.69) is 26.0 Å². The van der Waals surface area contributed by atoms with Gasteiger partial charge in [0.25, 0.3) is 0 Å². The molecule has 0 radical (unpaired) electrons. The number of benzene rings is 1. The van der Waals surface area contributed by atoms with E-state index < -0.39 is 5.97 Å². The number of esters is 1. The standard InChI is InChI=1S/C12H14BrNO3/c1-3-10(13)11(15)14-9-6-4-8(5-7-9)12(16)17-2/h4-7,10H,3H2,1-2H3,(H,14,15)/t10-/m0/s1. The second kappa shape index (κ2) is 6.39. The lowest BCUT2D eigenvalue weighted by atomic mass is 10.2. The number of nitrogens with one attached hydrogen (secondary N) is 1. The number of alkyl halides is 1. The first kappa shape index (κ1) is 13.7. The SMILES string of the molecule is CC[C@H](Br)C(=O)Nc1ccc(C(=O)OC)cc1. The van der Waals surface area contributed by atoms with Gasteiger partial charge in [-0.1, -0.05) is 22.9 Å². The van der Waals surface area contributed by atoms with E-state index in [0.717, 1.165) is 0 Å². The van der Waals surface area contributed by atoms with Crippen LogP contribution in [0.1, 0.15) is 23.7 Å². The lowest BCUT2D eigenvalue weighted by Crippen LogP contribution is -2.21. The van der Waals surface area contributed by atoms with Crippen LogP contribution < -0.4 is 5.32 Å². The summed E-state index contributed by atoms with van der Waals surface area (Å²) < 4.78 is 4.58. The average molecular weight is 300 g/mol. The van der Waals surface area contributed by atoms with E-state index in [1.165, 1.54) is 7.11 Å². The first-order chi connectivity index (χ1) is 8.08. The smallest absolute Gasteiger partial charge is 0.337 e. The van der Waals surface area contributed by atoms with Crippen molar-refractivity contribution in [1.82, 2.24) is 0 Å². The number of hydrogen-bond acceptors (Lipinski definition) is 3. The number of carbonyl (C=O) groups excluding carboxylic acids is 2. The molecule has 0 spiro atoms. The molecule has 0 unspecified atom stereocenters. The molecule has 0 fully saturated rings. The van der Waals surface area contributed by atoms with Crippen LogP contribution in [0.5, 0.6) is 0 Å². The number of hydrogen-bond donors (Lipinski definition) is 1. The molecular weight excluding hydrogens is 286 g/mol. The molecular formula is C12H14BrNO3. The van der Waals surface area contributed by atoms with Crippen LogP contribution in [-0.4, -0.2) is 23.8 Å². The Morgan fingerprint density at radius 3 is 2.41 bits per heavy atom. The molecule has 1 amide bonds. The summed E-state index contributed by atoms with van der Waals surface area (Å²) in [6.45, 7) is 1.92. The molecule has 0 bridgehead atoms. The Bertz CT molecular complexity index is 403. The van der Waals surface area contributed by atoms with Crippen molar-refractivity contribution in [3.05, 3.63) is 29.8 Å². The molecule has 0 saturated carbocycles. The van der Waals surface area contributed by atoms with Gasteiger partial charge in [-0.2, -0.15) is 0 Å². The quantitative estimate of drug-likeness (QED) is 0.687. The third kappa shape index (κ3) is 3.85. The molecule has 0 aliphatic carbocycles. The fourth-order valence-corrected chi connectivity index (χ4v) is 1.33. The van der Waals surface area contributed by atoms with Gasteiger partial charge < -0.3 is 10.1 Å². The van der Waals surface area contributed by atoms with Crippen molar-refractivity contribution in [2.24, 2.45) is 0 Å². The van der Waals surface area contributed by atoms with Gasteiger partial charge in [-0.05, 0) is 30.7 Å². The maximum absolute atomic E-state index is 11.6. The maximum Gasteiger partial charge on any atom is 0.337 e. The molecule has 0 aromatic heterocycles. The van der Waals surface area contributed by atoms with Crippen molar-refractivity contribution in [1.29, 1.82) is 0 Å². The van der Waals surface area contributed by atoms with E-state index in [1.54, 1.807) is 24.3 Å². The highest BCUT2D eigenvalue weighted by molar-refractivity contribution is 9.10. The van der Waals surface area contributed by atoms with Crippen molar-refractivity contribution < 1.29 is 14.3 Å². The molecule has 17 heavy (non-hydrogen) atoms. The topological polar surface area (TPSA) is 55.4 Å². The summed E-state index contributed by atoms with van der Waals surface area (Å²) in [6.07, 6.45) is 0.714. The highest BCUT2D eigenvalue weighted by Gasteiger charge is 2.12. The summed E-state index contributed by atoms with van der Waals surface area (Å²) in [5, 5.41) is 2.74. The first-order valence-corrected chi connectivity index (χ1v) is 6.13. The van der Waals surface area contributed by atoms with Gasteiger partial charge in [0.1, 0.15) is 0 Å². The minimum absolute atomic E-state index is 0.0988. The number of anilines is 1. The minimum Gasteiger partial charge on any atom is -0.465 e. The van der Waals surface area contributed by atoms with Crippen molar-refractivity contribution >= 4 is 33.5 Å². The Kier molecular flexibility index (Phi) is 5.15. The van der Waals surface area contributed by atoms with E-state index in [0.29, 0.717) is 17.7 Å². The Morgan fingerprint density at radius 2 is 1.94 bits per heavy atom. The zero-order valence-corrected chi connectivity index (χ0v) is 11.3. The molecule has 0 heterocycles. The zero-order chi connectivity index (χ0) is 12.8. The summed E-state index contributed by atoms with van der Waals surface area (Å²) in [5.41, 5.74) is 1.11. The van der Waals surface area contributed by atoms with Crippen LogP contribution in [-0.2, 0) is 9.53 Å². The average Bonchev–Trinajstić information content (AvgIpc) is 2.37. The number of rotatable bonds is 4. The fourth-order valence-electron chi connectivity index (χ4n) is 1.21. The summed E-state index contributed by atoms with van der Waals surface area (Å²) in [7, 11) is 1.33. The molecule has 4 nitrogen and oxygen atoms in total. The highest BCUT2D eigenvalue weighted by Crippen LogP contribution is 2.13. The highest BCUT2D eigenvalue weighted by atomic mass is 79.9. The molecule has 92 valence electrons. The predicted octanol–water partition coefficient (Wildman–Crippen LogP) is 2.59. The van der Waals surface area contributed by atoms with Gasteiger partial charge in [0.2, 0.25) is 5.91 Å². The van der Waals surface area contributed by atoms with E-state index >= 15 is 0 Å². The molecule has 1 atom stereocenters. The van der Waals surface area contributed by atoms with Crippen molar-refractivity contribution in [2.45, 2.75) is 18.2 Å². The Hall–Kier alpha value is -1.36. The first-order valence-electron chi connectivity index (χ1n) is 5.21. The zero-order valence-electron chi connectivity index (χ0n) is 9.70. The van der Waals surface area contributed by atoms with Crippen molar-refractivity contribution in [3.63, 3.8) is 0 Å². The number of halogens is 1. The minimum atomic E-state index is -0.394. The number of amides is 1. The van der Waals surface area contributed by atoms with Crippen LogP contribution in [0.2, 0.25) is 0 Å². The van der Waals surface area contributed by atoms with E-state index in [1.807, 2.05) is 6.92 Å². The van der Waals surface area contributed by atoms with Crippen LogP contribution in [0.25, 0.3) is 0 Å². The largest absolute Gasteiger partial charge is 0.465 e. The molecule has 1 aromatic carbocycles. The lowest BCUT2D eigenvalue weighted by molar-refractivity contribution is -0.115. The van der Waals surface area contributed by atoms with Gasteiger partial charge in [0, 0.05) is 5.69 Å². The van der Waals surface area contributed by atoms with Crippen LogP contribution in [0.4, 0.5) is 5.69 Å². The van der Waals surface area contributed by atoms with Crippen molar-refractivity contribution in [3.8, 4) is 0 Å². The van der Waals surface area contributed by atoms with Crippen LogP contribution in [0, 0.1) is 0 Å². The van der Waals surface area contributed by atoms with Gasteiger partial charge in [-0.15, -0.1) is 0 Å². The molecule has 1 N–H and O–H groups in total. The van der Waals surface area contributed by atoms with Gasteiger partial charge in [-0.3, -0.25) is 4.79 Å². The fraction of sp³-hybridized carbons (Fsp3) is 0.333. The summed E-state index contributed by atoms with van der Waals surface area (Å²) in [4.78, 5) is 22.5. The summed E-state index contributed by atoms with van der Waals surface area (Å²) >= 11 is 3.26. The summed E-state index contributed by atoms with van der Waals surface area (Å²) in [5.74, 6) is -0.492.